The highest BCUT2D eigenvalue weighted by Crippen LogP contribution is 2.34. The maximum absolute atomic E-state index is 3.73. The lowest BCUT2D eigenvalue weighted by atomic mass is 9.75. The van der Waals surface area contributed by atoms with E-state index in [0.29, 0.717) is 5.41 Å². The molecule has 2 atom stereocenters. The van der Waals surface area contributed by atoms with Crippen LogP contribution in [-0.2, 0) is 0 Å². The standard InChI is InChI=1S/C14H28N2/c1-12-8-15-9-13(12)10-16-11-14(2)6-4-3-5-7-14/h12-13,15-16H,3-11H2,1-2H3. The molecule has 2 unspecified atom stereocenters. The van der Waals surface area contributed by atoms with E-state index < -0.39 is 0 Å². The van der Waals surface area contributed by atoms with Crippen LogP contribution >= 0.6 is 0 Å². The summed E-state index contributed by atoms with van der Waals surface area (Å²) in [6.07, 6.45) is 7.20. The van der Waals surface area contributed by atoms with Gasteiger partial charge in [-0.1, -0.05) is 33.1 Å². The minimum absolute atomic E-state index is 0.591. The van der Waals surface area contributed by atoms with Gasteiger partial charge in [0.15, 0.2) is 0 Å². The van der Waals surface area contributed by atoms with Crippen molar-refractivity contribution in [1.82, 2.24) is 10.6 Å². The molecule has 2 heteroatoms. The molecule has 94 valence electrons. The fraction of sp³-hybridized carbons (Fsp3) is 1.00. The van der Waals surface area contributed by atoms with Crippen LogP contribution in [0.2, 0.25) is 0 Å². The Morgan fingerprint density at radius 1 is 1.19 bits per heavy atom. The summed E-state index contributed by atoms with van der Waals surface area (Å²) in [5.74, 6) is 1.71. The lowest BCUT2D eigenvalue weighted by molar-refractivity contribution is 0.203. The van der Waals surface area contributed by atoms with Crippen LogP contribution in [0.25, 0.3) is 0 Å². The summed E-state index contributed by atoms with van der Waals surface area (Å²) in [7, 11) is 0. The first-order valence-electron chi connectivity index (χ1n) is 7.11. The predicted octanol–water partition coefficient (Wildman–Crippen LogP) is 2.40. The van der Waals surface area contributed by atoms with E-state index in [1.54, 1.807) is 0 Å². The van der Waals surface area contributed by atoms with Gasteiger partial charge >= 0.3 is 0 Å². The lowest BCUT2D eigenvalue weighted by Gasteiger charge is -2.34. The third-order valence-corrected chi connectivity index (χ3v) is 4.70. The van der Waals surface area contributed by atoms with Crippen molar-refractivity contribution < 1.29 is 0 Å². The Morgan fingerprint density at radius 2 is 1.94 bits per heavy atom. The van der Waals surface area contributed by atoms with E-state index in [4.69, 9.17) is 0 Å². The van der Waals surface area contributed by atoms with Crippen molar-refractivity contribution in [2.45, 2.75) is 46.0 Å². The Kier molecular flexibility index (Phi) is 4.26. The van der Waals surface area contributed by atoms with Gasteiger partial charge in [-0.25, -0.2) is 0 Å². The van der Waals surface area contributed by atoms with Crippen molar-refractivity contribution in [3.8, 4) is 0 Å². The van der Waals surface area contributed by atoms with Crippen molar-refractivity contribution in [2.75, 3.05) is 26.2 Å². The molecular weight excluding hydrogens is 196 g/mol. The molecule has 0 radical (unpaired) electrons. The topological polar surface area (TPSA) is 24.1 Å². The molecule has 1 aliphatic carbocycles. The van der Waals surface area contributed by atoms with Crippen LogP contribution in [0.3, 0.4) is 0 Å². The van der Waals surface area contributed by atoms with Gasteiger partial charge in [-0.05, 0) is 49.7 Å². The zero-order valence-electron chi connectivity index (χ0n) is 11.0. The molecule has 0 aromatic heterocycles. The van der Waals surface area contributed by atoms with Crippen LogP contribution < -0.4 is 10.6 Å². The fourth-order valence-electron chi connectivity index (χ4n) is 3.28. The summed E-state index contributed by atoms with van der Waals surface area (Å²) in [6, 6.07) is 0. The molecule has 1 heterocycles. The molecule has 0 bridgehead atoms. The van der Waals surface area contributed by atoms with Crippen molar-refractivity contribution in [3.63, 3.8) is 0 Å². The van der Waals surface area contributed by atoms with Crippen LogP contribution in [0.4, 0.5) is 0 Å². The first-order valence-corrected chi connectivity index (χ1v) is 7.11. The van der Waals surface area contributed by atoms with Crippen molar-refractivity contribution in [2.24, 2.45) is 17.3 Å². The monoisotopic (exact) mass is 224 g/mol. The SMILES string of the molecule is CC1CNCC1CNCC1(C)CCCCC1. The smallest absolute Gasteiger partial charge is 0.000529 e. The number of hydrogen-bond donors (Lipinski definition) is 2. The molecule has 0 aromatic rings. The molecule has 2 nitrogen and oxygen atoms in total. The Balaban J connectivity index is 1.66. The molecule has 0 amide bonds. The maximum Gasteiger partial charge on any atom is 0.000529 e. The quantitative estimate of drug-likeness (QED) is 0.766. The van der Waals surface area contributed by atoms with Gasteiger partial charge in [0.1, 0.15) is 0 Å². The fourth-order valence-corrected chi connectivity index (χ4v) is 3.28. The van der Waals surface area contributed by atoms with Crippen molar-refractivity contribution in [1.29, 1.82) is 0 Å². The molecule has 0 aromatic carbocycles. The lowest BCUT2D eigenvalue weighted by Crippen LogP contribution is -2.37. The van der Waals surface area contributed by atoms with Gasteiger partial charge in [-0.15, -0.1) is 0 Å². The van der Waals surface area contributed by atoms with Crippen LogP contribution in [0.15, 0.2) is 0 Å². The average Bonchev–Trinajstić information content (AvgIpc) is 2.65. The highest BCUT2D eigenvalue weighted by atomic mass is 15.0. The molecular formula is C14H28N2. The molecule has 2 fully saturated rings. The first-order chi connectivity index (χ1) is 7.70. The summed E-state index contributed by atoms with van der Waals surface area (Å²) >= 11 is 0. The molecule has 2 aliphatic rings. The molecule has 2 N–H and O–H groups in total. The first kappa shape index (κ1) is 12.4. The van der Waals surface area contributed by atoms with Gasteiger partial charge in [0.2, 0.25) is 0 Å². The second-order valence-corrected chi connectivity index (χ2v) is 6.40. The molecule has 1 aliphatic heterocycles. The second kappa shape index (κ2) is 5.50. The highest BCUT2D eigenvalue weighted by molar-refractivity contribution is 4.83. The van der Waals surface area contributed by atoms with Gasteiger partial charge in [0.25, 0.3) is 0 Å². The Morgan fingerprint density at radius 3 is 2.56 bits per heavy atom. The summed E-state index contributed by atoms with van der Waals surface area (Å²) in [6.45, 7) is 9.71. The van der Waals surface area contributed by atoms with Gasteiger partial charge in [0.05, 0.1) is 0 Å². The van der Waals surface area contributed by atoms with E-state index in [2.05, 4.69) is 24.5 Å². The number of hydrogen-bond acceptors (Lipinski definition) is 2. The van der Waals surface area contributed by atoms with Gasteiger partial charge < -0.3 is 10.6 Å². The molecule has 2 rings (SSSR count). The van der Waals surface area contributed by atoms with Crippen molar-refractivity contribution in [3.05, 3.63) is 0 Å². The minimum atomic E-state index is 0.591. The predicted molar refractivity (Wildman–Crippen MR) is 69.6 cm³/mol. The van der Waals surface area contributed by atoms with E-state index in [9.17, 15) is 0 Å². The van der Waals surface area contributed by atoms with Crippen LogP contribution in [0.5, 0.6) is 0 Å². The summed E-state index contributed by atoms with van der Waals surface area (Å²) < 4.78 is 0. The van der Waals surface area contributed by atoms with E-state index in [-0.39, 0.29) is 0 Å². The summed E-state index contributed by atoms with van der Waals surface area (Å²) in [5.41, 5.74) is 0.591. The molecule has 1 saturated heterocycles. The maximum atomic E-state index is 3.73. The minimum Gasteiger partial charge on any atom is -0.316 e. The molecule has 16 heavy (non-hydrogen) atoms. The van der Waals surface area contributed by atoms with Crippen LogP contribution in [0, 0.1) is 17.3 Å². The third kappa shape index (κ3) is 3.21. The second-order valence-electron chi connectivity index (χ2n) is 6.40. The number of rotatable bonds is 4. The Labute approximate surface area is 101 Å². The van der Waals surface area contributed by atoms with E-state index >= 15 is 0 Å². The van der Waals surface area contributed by atoms with Gasteiger partial charge in [0, 0.05) is 6.54 Å². The zero-order chi connectivity index (χ0) is 11.4. The largest absolute Gasteiger partial charge is 0.316 e. The Hall–Kier alpha value is -0.0800. The molecule has 0 spiro atoms. The third-order valence-electron chi connectivity index (χ3n) is 4.70. The van der Waals surface area contributed by atoms with Gasteiger partial charge in [-0.3, -0.25) is 0 Å². The summed E-state index contributed by atoms with van der Waals surface area (Å²) in [4.78, 5) is 0. The molecule has 1 saturated carbocycles. The average molecular weight is 224 g/mol. The Bertz CT molecular complexity index is 209. The van der Waals surface area contributed by atoms with Crippen LogP contribution in [0.1, 0.15) is 46.0 Å². The van der Waals surface area contributed by atoms with Crippen LogP contribution in [-0.4, -0.2) is 26.2 Å². The highest BCUT2D eigenvalue weighted by Gasteiger charge is 2.27. The normalized spacial score (nSPS) is 34.1. The van der Waals surface area contributed by atoms with Crippen molar-refractivity contribution >= 4 is 0 Å². The summed E-state index contributed by atoms with van der Waals surface area (Å²) in [5, 5.41) is 7.21. The zero-order valence-corrected chi connectivity index (χ0v) is 11.0. The van der Waals surface area contributed by atoms with E-state index in [1.165, 1.54) is 58.3 Å². The van der Waals surface area contributed by atoms with Gasteiger partial charge in [-0.2, -0.15) is 0 Å². The van der Waals surface area contributed by atoms with E-state index in [0.717, 1.165) is 11.8 Å². The van der Waals surface area contributed by atoms with E-state index in [1.807, 2.05) is 0 Å². The number of nitrogens with one attached hydrogen (secondary N) is 2.